The summed E-state index contributed by atoms with van der Waals surface area (Å²) in [5, 5.41) is 12.9. The minimum atomic E-state index is -0.461. The lowest BCUT2D eigenvalue weighted by Gasteiger charge is -2.08. The molecule has 12 heteroatoms. The summed E-state index contributed by atoms with van der Waals surface area (Å²) in [5.41, 5.74) is 1.06. The Balaban J connectivity index is 1.38. The van der Waals surface area contributed by atoms with Crippen molar-refractivity contribution >= 4 is 74.1 Å². The monoisotopic (exact) mass is 587 g/mol. The molecule has 0 fully saturated rings. The summed E-state index contributed by atoms with van der Waals surface area (Å²) in [6.45, 7) is 0.477. The lowest BCUT2D eigenvalue weighted by atomic mass is 10.2. The molecule has 2 aromatic heterocycles. The molecule has 2 aromatic carbocycles. The van der Waals surface area contributed by atoms with Crippen LogP contribution in [0.3, 0.4) is 0 Å². The Morgan fingerprint density at radius 2 is 1.76 bits per heavy atom. The highest BCUT2D eigenvalue weighted by Gasteiger charge is 2.15. The molecule has 1 amide bonds. The van der Waals surface area contributed by atoms with E-state index in [1.165, 1.54) is 4.68 Å². The molecule has 1 N–H and O–H groups in total. The van der Waals surface area contributed by atoms with Gasteiger partial charge in [0.25, 0.3) is 5.91 Å². The molecule has 7 nitrogen and oxygen atoms in total. The fourth-order valence-electron chi connectivity index (χ4n) is 2.84. The van der Waals surface area contributed by atoms with Gasteiger partial charge in [-0.3, -0.25) is 9.48 Å². The van der Waals surface area contributed by atoms with Gasteiger partial charge in [0.05, 0.1) is 21.6 Å². The second-order valence-corrected chi connectivity index (χ2v) is 9.36. The number of carbonyl (C=O) groups is 1. The van der Waals surface area contributed by atoms with E-state index in [1.807, 2.05) is 12.1 Å². The highest BCUT2D eigenvalue weighted by atomic mass is 79.9. The third kappa shape index (κ3) is 6.02. The van der Waals surface area contributed by atoms with Crippen LogP contribution in [0.4, 0.5) is 5.82 Å². The Labute approximate surface area is 217 Å². The molecule has 0 aliphatic rings. The van der Waals surface area contributed by atoms with E-state index in [4.69, 9.17) is 51.1 Å². The van der Waals surface area contributed by atoms with Crippen LogP contribution in [-0.2, 0) is 13.3 Å². The molecule has 0 unspecified atom stereocenters. The number of anilines is 1. The zero-order valence-corrected chi connectivity index (χ0v) is 21.2. The van der Waals surface area contributed by atoms with Gasteiger partial charge in [0, 0.05) is 16.9 Å². The molecule has 4 aromatic rings. The zero-order valence-electron chi connectivity index (χ0n) is 16.6. The highest BCUT2D eigenvalue weighted by Crippen LogP contribution is 2.28. The fourth-order valence-corrected chi connectivity index (χ4v) is 4.09. The number of hydrogen-bond acceptors (Lipinski definition) is 4. The van der Waals surface area contributed by atoms with Gasteiger partial charge in [0.1, 0.15) is 10.8 Å². The maximum Gasteiger partial charge on any atom is 0.277 e. The topological polar surface area (TPSA) is 74.0 Å². The molecule has 0 saturated carbocycles. The van der Waals surface area contributed by atoms with E-state index in [1.54, 1.807) is 47.4 Å². The lowest BCUT2D eigenvalue weighted by Crippen LogP contribution is -2.15. The largest absolute Gasteiger partial charge is 0.470 e. The molecule has 0 spiro atoms. The van der Waals surface area contributed by atoms with Crippen molar-refractivity contribution < 1.29 is 9.53 Å². The maximum absolute atomic E-state index is 12.6. The minimum Gasteiger partial charge on any atom is -0.470 e. The summed E-state index contributed by atoms with van der Waals surface area (Å²) in [6.07, 6.45) is 3.22. The average Bonchev–Trinajstić information content (AvgIpc) is 3.37. The van der Waals surface area contributed by atoms with Crippen molar-refractivity contribution in [1.29, 1.82) is 0 Å². The van der Waals surface area contributed by atoms with Crippen LogP contribution in [0, 0.1) is 0 Å². The first kappa shape index (κ1) is 23.9. The maximum atomic E-state index is 12.6. The van der Waals surface area contributed by atoms with Crippen molar-refractivity contribution in [3.05, 3.63) is 90.7 Å². The first-order chi connectivity index (χ1) is 15.8. The number of halogens is 5. The Morgan fingerprint density at radius 1 is 0.939 bits per heavy atom. The van der Waals surface area contributed by atoms with Crippen molar-refractivity contribution in [3.63, 3.8) is 0 Å². The average molecular weight is 590 g/mol. The van der Waals surface area contributed by atoms with Crippen LogP contribution >= 0.6 is 62.3 Å². The number of nitrogens with one attached hydrogen (secondary N) is 1. The predicted octanol–water partition coefficient (Wildman–Crippen LogP) is 6.79. The quantitative estimate of drug-likeness (QED) is 0.257. The van der Waals surface area contributed by atoms with Crippen molar-refractivity contribution in [2.24, 2.45) is 0 Å². The van der Waals surface area contributed by atoms with E-state index in [2.05, 4.69) is 31.4 Å². The molecule has 170 valence electrons. The van der Waals surface area contributed by atoms with Gasteiger partial charge in [0.15, 0.2) is 18.2 Å². The smallest absolute Gasteiger partial charge is 0.277 e. The van der Waals surface area contributed by atoms with Crippen molar-refractivity contribution in [3.8, 4) is 5.75 Å². The Morgan fingerprint density at radius 3 is 2.52 bits per heavy atom. The molecular formula is C21H14BrCl4N5O2. The number of hydrogen-bond donors (Lipinski definition) is 1. The zero-order chi connectivity index (χ0) is 23.5. The summed E-state index contributed by atoms with van der Waals surface area (Å²) in [5.74, 6) is 0.256. The van der Waals surface area contributed by atoms with Crippen LogP contribution in [0.15, 0.2) is 59.3 Å². The fraction of sp³-hybridized carbons (Fsp3) is 0.0952. The lowest BCUT2D eigenvalue weighted by molar-refractivity contribution is 0.101. The number of rotatable bonds is 7. The molecule has 0 saturated heterocycles. The molecule has 0 bridgehead atoms. The number of carbonyl (C=O) groups excluding carboxylic acids is 1. The van der Waals surface area contributed by atoms with Gasteiger partial charge in [-0.25, -0.2) is 4.68 Å². The van der Waals surface area contributed by atoms with E-state index in [9.17, 15) is 4.79 Å². The van der Waals surface area contributed by atoms with Crippen LogP contribution < -0.4 is 10.1 Å². The number of ether oxygens (including phenoxy) is 1. The first-order valence-electron chi connectivity index (χ1n) is 9.38. The van der Waals surface area contributed by atoms with Gasteiger partial charge in [-0.2, -0.15) is 10.2 Å². The molecule has 0 aliphatic carbocycles. The molecular weight excluding hydrogens is 576 g/mol. The van der Waals surface area contributed by atoms with Crippen LogP contribution in [0.25, 0.3) is 0 Å². The molecule has 0 aliphatic heterocycles. The van der Waals surface area contributed by atoms with Crippen LogP contribution in [0.1, 0.15) is 16.1 Å². The number of benzene rings is 2. The van der Waals surface area contributed by atoms with Crippen LogP contribution in [0.5, 0.6) is 5.75 Å². The van der Waals surface area contributed by atoms with Gasteiger partial charge < -0.3 is 10.1 Å². The Kier molecular flexibility index (Phi) is 7.51. The second-order valence-electron chi connectivity index (χ2n) is 6.81. The van der Waals surface area contributed by atoms with Crippen LogP contribution in [-0.4, -0.2) is 25.5 Å². The minimum absolute atomic E-state index is 0.0771. The van der Waals surface area contributed by atoms with Gasteiger partial charge in [-0.15, -0.1) is 0 Å². The van der Waals surface area contributed by atoms with E-state index in [0.29, 0.717) is 27.4 Å². The summed E-state index contributed by atoms with van der Waals surface area (Å²) in [6, 6.07) is 12.1. The van der Waals surface area contributed by atoms with Gasteiger partial charge in [0.2, 0.25) is 0 Å². The summed E-state index contributed by atoms with van der Waals surface area (Å²) >= 11 is 27.7. The standard InChI is InChI=1S/C21H14BrCl4N5O2/c22-13-2-4-19(16(25)8-13)33-11-30-6-5-18(28-30)21(32)27-20-17(26)10-31(29-20)9-12-1-3-14(23)15(24)7-12/h1-8,10H,9,11H2,(H,27,29,32). The summed E-state index contributed by atoms with van der Waals surface area (Å²) in [4.78, 5) is 12.6. The van der Waals surface area contributed by atoms with Gasteiger partial charge >= 0.3 is 0 Å². The SMILES string of the molecule is O=C(Nc1nn(Cc2ccc(Cl)c(Cl)c2)cc1Cl)c1ccn(COc2ccc(Br)cc2Cl)n1. The van der Waals surface area contributed by atoms with Crippen molar-refractivity contribution in [2.75, 3.05) is 5.32 Å². The van der Waals surface area contributed by atoms with Crippen molar-refractivity contribution in [2.45, 2.75) is 13.3 Å². The number of amides is 1. The normalized spacial score (nSPS) is 10.9. The van der Waals surface area contributed by atoms with E-state index >= 15 is 0 Å². The molecule has 33 heavy (non-hydrogen) atoms. The van der Waals surface area contributed by atoms with E-state index < -0.39 is 5.91 Å². The Bertz CT molecular complexity index is 1320. The Hall–Kier alpha value is -2.23. The number of aromatic nitrogens is 4. The van der Waals surface area contributed by atoms with E-state index in [0.717, 1.165) is 10.0 Å². The first-order valence-corrected chi connectivity index (χ1v) is 11.7. The molecule has 0 radical (unpaired) electrons. The molecule has 4 rings (SSSR count). The summed E-state index contributed by atoms with van der Waals surface area (Å²) < 4.78 is 9.55. The van der Waals surface area contributed by atoms with Crippen molar-refractivity contribution in [1.82, 2.24) is 19.6 Å². The van der Waals surface area contributed by atoms with Gasteiger partial charge in [-0.05, 0) is 42.0 Å². The van der Waals surface area contributed by atoms with Gasteiger partial charge in [-0.1, -0.05) is 68.4 Å². The summed E-state index contributed by atoms with van der Waals surface area (Å²) in [7, 11) is 0. The predicted molar refractivity (Wildman–Crippen MR) is 133 cm³/mol. The second kappa shape index (κ2) is 10.4. The van der Waals surface area contributed by atoms with Crippen LogP contribution in [0.2, 0.25) is 20.1 Å². The highest BCUT2D eigenvalue weighted by molar-refractivity contribution is 9.10. The number of nitrogens with zero attached hydrogens (tertiary/aromatic N) is 4. The molecule has 0 atom stereocenters. The van der Waals surface area contributed by atoms with E-state index in [-0.39, 0.29) is 23.3 Å². The third-order valence-electron chi connectivity index (χ3n) is 4.40. The molecule has 2 heterocycles. The third-order valence-corrected chi connectivity index (χ3v) is 6.20.